The number of nitrogens with one attached hydrogen (secondary N) is 1. The van der Waals surface area contributed by atoms with Gasteiger partial charge in [-0.3, -0.25) is 9.52 Å². The molecule has 1 aromatic heterocycles. The minimum Gasteiger partial charge on any atom is -0.455 e. The molecule has 0 amide bonds. The zero-order chi connectivity index (χ0) is 22.7. The second kappa shape index (κ2) is 9.04. The van der Waals surface area contributed by atoms with Crippen LogP contribution < -0.4 is 15.0 Å². The third-order valence-electron chi connectivity index (χ3n) is 4.37. The van der Waals surface area contributed by atoms with Crippen LogP contribution >= 0.6 is 23.2 Å². The molecule has 0 fully saturated rings. The second-order valence-corrected chi connectivity index (χ2v) is 9.00. The molecule has 162 valence electrons. The van der Waals surface area contributed by atoms with Gasteiger partial charge in [0.2, 0.25) is 0 Å². The average Bonchev–Trinajstić information content (AvgIpc) is 2.80. The van der Waals surface area contributed by atoms with E-state index < -0.39 is 15.6 Å². The summed E-state index contributed by atoms with van der Waals surface area (Å²) in [5.41, 5.74) is 0.00279. The number of nitrogens with zero attached hydrogens (tertiary/aromatic N) is 2. The summed E-state index contributed by atoms with van der Waals surface area (Å²) in [6.45, 7) is 0. The van der Waals surface area contributed by atoms with E-state index in [-0.39, 0.29) is 20.6 Å². The van der Waals surface area contributed by atoms with Crippen molar-refractivity contribution in [2.24, 2.45) is 0 Å². The Labute approximate surface area is 193 Å². The lowest BCUT2D eigenvalue weighted by Crippen LogP contribution is -2.21. The number of benzene rings is 3. The lowest BCUT2D eigenvalue weighted by molar-refractivity contribution is 0.485. The molecule has 0 saturated carbocycles. The summed E-state index contributed by atoms with van der Waals surface area (Å²) in [5, 5.41) is 3.79. The fourth-order valence-electron chi connectivity index (χ4n) is 2.82. The Bertz CT molecular complexity index is 1420. The summed E-state index contributed by atoms with van der Waals surface area (Å²) in [7, 11) is -3.94. The molecule has 0 radical (unpaired) electrons. The van der Waals surface area contributed by atoms with Gasteiger partial charge < -0.3 is 4.74 Å². The van der Waals surface area contributed by atoms with Crippen LogP contribution in [0.5, 0.6) is 11.5 Å². The molecule has 1 heterocycles. The predicted octanol–water partition coefficient (Wildman–Crippen LogP) is 5.13. The van der Waals surface area contributed by atoms with Crippen LogP contribution in [0.4, 0.5) is 5.69 Å². The Morgan fingerprint density at radius 2 is 1.53 bits per heavy atom. The lowest BCUT2D eigenvalue weighted by Gasteiger charge is -2.14. The third kappa shape index (κ3) is 4.62. The number of para-hydroxylation sites is 3. The molecule has 7 nitrogen and oxygen atoms in total. The highest BCUT2D eigenvalue weighted by atomic mass is 35.5. The first-order valence-corrected chi connectivity index (χ1v) is 11.5. The summed E-state index contributed by atoms with van der Waals surface area (Å²) in [4.78, 5) is 12.2. The van der Waals surface area contributed by atoms with Crippen molar-refractivity contribution in [3.63, 3.8) is 0 Å². The maximum atomic E-state index is 12.9. The zero-order valence-corrected chi connectivity index (χ0v) is 18.6. The number of hydrogen-bond acceptors (Lipinski definition) is 5. The van der Waals surface area contributed by atoms with Crippen LogP contribution in [-0.4, -0.2) is 18.2 Å². The molecule has 0 aliphatic carbocycles. The van der Waals surface area contributed by atoms with Crippen molar-refractivity contribution >= 4 is 38.9 Å². The molecule has 0 aliphatic heterocycles. The Morgan fingerprint density at radius 1 is 0.875 bits per heavy atom. The number of halogens is 2. The molecule has 0 spiro atoms. The summed E-state index contributed by atoms with van der Waals surface area (Å²) in [6, 6.07) is 21.3. The molecule has 4 rings (SSSR count). The average molecular weight is 488 g/mol. The first-order valence-electron chi connectivity index (χ1n) is 9.24. The first kappa shape index (κ1) is 21.9. The fourth-order valence-corrected chi connectivity index (χ4v) is 4.15. The van der Waals surface area contributed by atoms with Crippen LogP contribution in [-0.2, 0) is 10.0 Å². The van der Waals surface area contributed by atoms with Crippen LogP contribution in [0, 0.1) is 0 Å². The molecule has 0 aliphatic rings. The van der Waals surface area contributed by atoms with E-state index in [4.69, 9.17) is 27.9 Å². The van der Waals surface area contributed by atoms with Crippen LogP contribution in [0.15, 0.2) is 94.7 Å². The SMILES string of the molecule is O=c1c(Cl)c(Cl)cnn1-c1ccc(S(=O)(=O)Nc2ccccc2Oc2ccccc2)cc1. The van der Waals surface area contributed by atoms with Gasteiger partial charge in [-0.1, -0.05) is 53.5 Å². The molecule has 10 heteroatoms. The highest BCUT2D eigenvalue weighted by Crippen LogP contribution is 2.31. The smallest absolute Gasteiger partial charge is 0.291 e. The van der Waals surface area contributed by atoms with Crippen LogP contribution in [0.3, 0.4) is 0 Å². The summed E-state index contributed by atoms with van der Waals surface area (Å²) >= 11 is 11.7. The molecule has 1 N–H and O–H groups in total. The van der Waals surface area contributed by atoms with Crippen LogP contribution in [0.2, 0.25) is 10.0 Å². The fraction of sp³-hybridized carbons (Fsp3) is 0. The molecule has 0 saturated heterocycles. The Kier molecular flexibility index (Phi) is 6.18. The molecule has 3 aromatic carbocycles. The minimum absolute atomic E-state index is 0.0103. The number of sulfonamides is 1. The van der Waals surface area contributed by atoms with E-state index in [1.54, 1.807) is 36.4 Å². The van der Waals surface area contributed by atoms with Crippen molar-refractivity contribution < 1.29 is 13.2 Å². The number of hydrogen-bond donors (Lipinski definition) is 1. The quantitative estimate of drug-likeness (QED) is 0.406. The maximum absolute atomic E-state index is 12.9. The van der Waals surface area contributed by atoms with Gasteiger partial charge in [-0.2, -0.15) is 9.78 Å². The number of rotatable bonds is 6. The lowest BCUT2D eigenvalue weighted by atomic mass is 10.3. The van der Waals surface area contributed by atoms with E-state index in [2.05, 4.69) is 9.82 Å². The molecule has 4 aromatic rings. The number of ether oxygens (including phenoxy) is 1. The zero-order valence-electron chi connectivity index (χ0n) is 16.3. The van der Waals surface area contributed by atoms with E-state index >= 15 is 0 Å². The van der Waals surface area contributed by atoms with Crippen molar-refractivity contribution in [3.05, 3.63) is 105 Å². The highest BCUT2D eigenvalue weighted by Gasteiger charge is 2.18. The largest absolute Gasteiger partial charge is 0.455 e. The van der Waals surface area contributed by atoms with Crippen molar-refractivity contribution in [2.75, 3.05) is 4.72 Å². The number of anilines is 1. The molecule has 0 bridgehead atoms. The van der Waals surface area contributed by atoms with E-state index in [1.807, 2.05) is 18.2 Å². The van der Waals surface area contributed by atoms with E-state index in [0.29, 0.717) is 17.2 Å². The van der Waals surface area contributed by atoms with Gasteiger partial charge in [0.15, 0.2) is 5.75 Å². The van der Waals surface area contributed by atoms with Crippen molar-refractivity contribution in [1.82, 2.24) is 9.78 Å². The predicted molar refractivity (Wildman–Crippen MR) is 124 cm³/mol. The van der Waals surface area contributed by atoms with E-state index in [1.165, 1.54) is 30.5 Å². The molecular weight excluding hydrogens is 473 g/mol. The highest BCUT2D eigenvalue weighted by molar-refractivity contribution is 7.92. The monoisotopic (exact) mass is 487 g/mol. The van der Waals surface area contributed by atoms with Gasteiger partial charge in [-0.15, -0.1) is 0 Å². The minimum atomic E-state index is -3.94. The van der Waals surface area contributed by atoms with Crippen molar-refractivity contribution in [3.8, 4) is 17.2 Å². The molecule has 0 atom stereocenters. The van der Waals surface area contributed by atoms with Crippen LogP contribution in [0.1, 0.15) is 0 Å². The maximum Gasteiger partial charge on any atom is 0.291 e. The topological polar surface area (TPSA) is 90.3 Å². The summed E-state index contributed by atoms with van der Waals surface area (Å²) in [5.74, 6) is 0.925. The summed E-state index contributed by atoms with van der Waals surface area (Å²) in [6.07, 6.45) is 1.24. The summed E-state index contributed by atoms with van der Waals surface area (Å²) < 4.78 is 35.2. The Balaban J connectivity index is 1.60. The van der Waals surface area contributed by atoms with E-state index in [0.717, 1.165) is 4.68 Å². The van der Waals surface area contributed by atoms with Gasteiger partial charge in [0.05, 0.1) is 27.5 Å². The Morgan fingerprint density at radius 3 is 2.25 bits per heavy atom. The van der Waals surface area contributed by atoms with Crippen LogP contribution in [0.25, 0.3) is 5.69 Å². The van der Waals surface area contributed by atoms with Gasteiger partial charge in [-0.05, 0) is 48.5 Å². The first-order chi connectivity index (χ1) is 15.3. The van der Waals surface area contributed by atoms with Gasteiger partial charge in [0, 0.05) is 0 Å². The van der Waals surface area contributed by atoms with Gasteiger partial charge in [0.1, 0.15) is 10.8 Å². The standard InChI is InChI=1S/C22H15Cl2N3O4S/c23-18-14-25-27(22(28)21(18)24)15-10-12-17(13-11-15)32(29,30)26-19-8-4-5-9-20(19)31-16-6-2-1-3-7-16/h1-14,26H. The van der Waals surface area contributed by atoms with Crippen molar-refractivity contribution in [2.45, 2.75) is 4.90 Å². The van der Waals surface area contributed by atoms with Gasteiger partial charge in [0.25, 0.3) is 15.6 Å². The molecule has 0 unspecified atom stereocenters. The van der Waals surface area contributed by atoms with E-state index in [9.17, 15) is 13.2 Å². The molecule has 32 heavy (non-hydrogen) atoms. The molecular formula is C22H15Cl2N3O4S. The normalized spacial score (nSPS) is 11.2. The van der Waals surface area contributed by atoms with Gasteiger partial charge >= 0.3 is 0 Å². The Hall–Kier alpha value is -3.33. The second-order valence-electron chi connectivity index (χ2n) is 6.53. The van der Waals surface area contributed by atoms with Crippen molar-refractivity contribution in [1.29, 1.82) is 0 Å². The third-order valence-corrected chi connectivity index (χ3v) is 6.50. The number of aromatic nitrogens is 2. The van der Waals surface area contributed by atoms with Gasteiger partial charge in [-0.25, -0.2) is 8.42 Å².